The Morgan fingerprint density at radius 3 is 2.29 bits per heavy atom. The van der Waals surface area contributed by atoms with Gasteiger partial charge in [-0.2, -0.15) is 0 Å². The summed E-state index contributed by atoms with van der Waals surface area (Å²) in [5.41, 5.74) is 2.68. The number of benzene rings is 1. The Labute approximate surface area is 111 Å². The zero-order chi connectivity index (χ0) is 12.7. The molecule has 1 rings (SSSR count). The maximum absolute atomic E-state index is 6.56. The second-order valence-electron chi connectivity index (χ2n) is 5.02. The molecular weight excluding hydrogens is 228 g/mol. The molecule has 0 aromatic heterocycles. The Bertz CT molecular complexity index is 302. The van der Waals surface area contributed by atoms with Crippen LogP contribution in [0.1, 0.15) is 50.7 Å². The molecule has 0 heterocycles. The highest BCUT2D eigenvalue weighted by Gasteiger charge is 2.17. The summed E-state index contributed by atoms with van der Waals surface area (Å²) in [6.07, 6.45) is 6.04. The van der Waals surface area contributed by atoms with Crippen LogP contribution in [0.25, 0.3) is 0 Å². The normalized spacial score (nSPS) is 14.6. The van der Waals surface area contributed by atoms with Crippen LogP contribution >= 0.6 is 11.6 Å². The Morgan fingerprint density at radius 2 is 1.76 bits per heavy atom. The summed E-state index contributed by atoms with van der Waals surface area (Å²) in [4.78, 5) is 0. The molecule has 0 aliphatic rings. The van der Waals surface area contributed by atoms with E-state index in [1.165, 1.54) is 36.8 Å². The van der Waals surface area contributed by atoms with Crippen LogP contribution in [0.3, 0.4) is 0 Å². The van der Waals surface area contributed by atoms with E-state index in [0.29, 0.717) is 5.92 Å². The summed E-state index contributed by atoms with van der Waals surface area (Å²) < 4.78 is 0. The highest BCUT2D eigenvalue weighted by Crippen LogP contribution is 2.24. The molecular formula is C16H25Cl. The van der Waals surface area contributed by atoms with E-state index in [2.05, 4.69) is 45.0 Å². The van der Waals surface area contributed by atoms with E-state index in [1.54, 1.807) is 0 Å². The second kappa shape index (κ2) is 7.76. The average Bonchev–Trinajstić information content (AvgIpc) is 2.33. The first-order valence-corrected chi connectivity index (χ1v) is 7.30. The van der Waals surface area contributed by atoms with Gasteiger partial charge >= 0.3 is 0 Å². The van der Waals surface area contributed by atoms with Crippen molar-refractivity contribution in [2.45, 2.75) is 58.3 Å². The van der Waals surface area contributed by atoms with Gasteiger partial charge in [0.2, 0.25) is 0 Å². The van der Waals surface area contributed by atoms with Crippen LogP contribution in [0.4, 0.5) is 0 Å². The summed E-state index contributed by atoms with van der Waals surface area (Å²) in [7, 11) is 0. The van der Waals surface area contributed by atoms with E-state index in [-0.39, 0.29) is 5.38 Å². The van der Waals surface area contributed by atoms with Gasteiger partial charge in [-0.05, 0) is 31.2 Å². The highest BCUT2D eigenvalue weighted by molar-refractivity contribution is 6.20. The molecule has 0 aliphatic carbocycles. The van der Waals surface area contributed by atoms with E-state index < -0.39 is 0 Å². The summed E-state index contributed by atoms with van der Waals surface area (Å²) >= 11 is 6.56. The minimum Gasteiger partial charge on any atom is -0.122 e. The topological polar surface area (TPSA) is 0 Å². The van der Waals surface area contributed by atoms with Gasteiger partial charge in [0, 0.05) is 5.38 Å². The number of halogens is 1. The average molecular weight is 253 g/mol. The number of hydrogen-bond donors (Lipinski definition) is 0. The van der Waals surface area contributed by atoms with E-state index >= 15 is 0 Å². The third kappa shape index (κ3) is 5.12. The summed E-state index contributed by atoms with van der Waals surface area (Å²) in [5, 5.41) is 0.286. The second-order valence-corrected chi connectivity index (χ2v) is 5.58. The van der Waals surface area contributed by atoms with Gasteiger partial charge < -0.3 is 0 Å². The third-order valence-corrected chi connectivity index (χ3v) is 4.03. The molecule has 0 amide bonds. The van der Waals surface area contributed by atoms with Crippen molar-refractivity contribution in [3.8, 4) is 0 Å². The van der Waals surface area contributed by atoms with Crippen molar-refractivity contribution >= 4 is 11.6 Å². The third-order valence-electron chi connectivity index (χ3n) is 3.52. The standard InChI is InChI=1S/C16H25Cl/c1-4-6-7-15(5-2)16(17)12-14-10-8-13(3)9-11-14/h8-11,15-16H,4-7,12H2,1-3H3. The van der Waals surface area contributed by atoms with Crippen LogP contribution in [0.2, 0.25) is 0 Å². The Hall–Kier alpha value is -0.490. The van der Waals surface area contributed by atoms with Gasteiger partial charge in [0.1, 0.15) is 0 Å². The molecule has 0 spiro atoms. The maximum Gasteiger partial charge on any atom is 0.0404 e. The molecule has 0 aliphatic heterocycles. The molecule has 0 fully saturated rings. The fraction of sp³-hybridized carbons (Fsp3) is 0.625. The molecule has 2 unspecified atom stereocenters. The van der Waals surface area contributed by atoms with E-state index in [1.807, 2.05) is 0 Å². The highest BCUT2D eigenvalue weighted by atomic mass is 35.5. The molecule has 0 saturated heterocycles. The van der Waals surface area contributed by atoms with Crippen molar-refractivity contribution in [1.29, 1.82) is 0 Å². The SMILES string of the molecule is CCCCC(CC)C(Cl)Cc1ccc(C)cc1. The van der Waals surface area contributed by atoms with Crippen LogP contribution in [-0.2, 0) is 6.42 Å². The van der Waals surface area contributed by atoms with Crippen molar-refractivity contribution < 1.29 is 0 Å². The lowest BCUT2D eigenvalue weighted by Crippen LogP contribution is -2.17. The van der Waals surface area contributed by atoms with Crippen LogP contribution in [-0.4, -0.2) is 5.38 Å². The van der Waals surface area contributed by atoms with Crippen LogP contribution < -0.4 is 0 Å². The number of rotatable bonds is 7. The Kier molecular flexibility index (Phi) is 6.65. The minimum atomic E-state index is 0.286. The van der Waals surface area contributed by atoms with Gasteiger partial charge in [0.05, 0.1) is 0 Å². The minimum absolute atomic E-state index is 0.286. The van der Waals surface area contributed by atoms with Crippen molar-refractivity contribution in [2.24, 2.45) is 5.92 Å². The summed E-state index contributed by atoms with van der Waals surface area (Å²) in [6, 6.07) is 8.76. The zero-order valence-electron chi connectivity index (χ0n) is 11.4. The van der Waals surface area contributed by atoms with Crippen molar-refractivity contribution in [3.05, 3.63) is 35.4 Å². The summed E-state index contributed by atoms with van der Waals surface area (Å²) in [6.45, 7) is 6.62. The molecule has 0 N–H and O–H groups in total. The number of alkyl halides is 1. The molecule has 2 atom stereocenters. The molecule has 1 aromatic carbocycles. The molecule has 1 aromatic rings. The van der Waals surface area contributed by atoms with Crippen LogP contribution in [0, 0.1) is 12.8 Å². The van der Waals surface area contributed by atoms with E-state index in [9.17, 15) is 0 Å². The predicted molar refractivity (Wildman–Crippen MR) is 77.8 cm³/mol. The molecule has 0 nitrogen and oxygen atoms in total. The first kappa shape index (κ1) is 14.6. The fourth-order valence-electron chi connectivity index (χ4n) is 2.22. The largest absolute Gasteiger partial charge is 0.122 e. The van der Waals surface area contributed by atoms with Gasteiger partial charge in [0.25, 0.3) is 0 Å². The molecule has 17 heavy (non-hydrogen) atoms. The number of aryl methyl sites for hydroxylation is 1. The van der Waals surface area contributed by atoms with Crippen molar-refractivity contribution in [1.82, 2.24) is 0 Å². The fourth-order valence-corrected chi connectivity index (χ4v) is 2.71. The van der Waals surface area contributed by atoms with Gasteiger partial charge in [-0.3, -0.25) is 0 Å². The lowest BCUT2D eigenvalue weighted by atomic mass is 9.91. The lowest BCUT2D eigenvalue weighted by Gasteiger charge is -2.20. The van der Waals surface area contributed by atoms with Crippen molar-refractivity contribution in [2.75, 3.05) is 0 Å². The molecule has 0 radical (unpaired) electrons. The number of hydrogen-bond acceptors (Lipinski definition) is 0. The molecule has 0 saturated carbocycles. The molecule has 96 valence electrons. The van der Waals surface area contributed by atoms with Crippen LogP contribution in [0.15, 0.2) is 24.3 Å². The Balaban J connectivity index is 2.51. The van der Waals surface area contributed by atoms with Gasteiger partial charge in [0.15, 0.2) is 0 Å². The van der Waals surface area contributed by atoms with Crippen molar-refractivity contribution in [3.63, 3.8) is 0 Å². The number of unbranched alkanes of at least 4 members (excludes halogenated alkanes) is 1. The smallest absolute Gasteiger partial charge is 0.0404 e. The van der Waals surface area contributed by atoms with E-state index in [4.69, 9.17) is 11.6 Å². The van der Waals surface area contributed by atoms with Crippen LogP contribution in [0.5, 0.6) is 0 Å². The summed E-state index contributed by atoms with van der Waals surface area (Å²) in [5.74, 6) is 0.665. The predicted octanol–water partition coefficient (Wildman–Crippen LogP) is 5.36. The first-order valence-electron chi connectivity index (χ1n) is 6.87. The Morgan fingerprint density at radius 1 is 1.12 bits per heavy atom. The molecule has 0 bridgehead atoms. The van der Waals surface area contributed by atoms with Gasteiger partial charge in [-0.15, -0.1) is 11.6 Å². The van der Waals surface area contributed by atoms with Gasteiger partial charge in [-0.1, -0.05) is 62.9 Å². The molecule has 1 heteroatoms. The zero-order valence-corrected chi connectivity index (χ0v) is 12.1. The lowest BCUT2D eigenvalue weighted by molar-refractivity contribution is 0.428. The monoisotopic (exact) mass is 252 g/mol. The maximum atomic E-state index is 6.56. The first-order chi connectivity index (χ1) is 8.17. The van der Waals surface area contributed by atoms with E-state index in [0.717, 1.165) is 6.42 Å². The quantitative estimate of drug-likeness (QED) is 0.573. The van der Waals surface area contributed by atoms with Gasteiger partial charge in [-0.25, -0.2) is 0 Å².